The third-order valence-electron chi connectivity index (χ3n) is 2.31. The molecule has 5 nitrogen and oxygen atoms in total. The molecule has 0 bridgehead atoms. The summed E-state index contributed by atoms with van der Waals surface area (Å²) in [6.45, 7) is 3.80. The number of aromatic nitrogens is 2. The molecular formula is C10H14N4O. The summed E-state index contributed by atoms with van der Waals surface area (Å²) in [7, 11) is 1.57. The smallest absolute Gasteiger partial charge is 0.254 e. The first kappa shape index (κ1) is 11.2. The minimum absolute atomic E-state index is 0.190. The average molecular weight is 206 g/mol. The zero-order valence-electron chi connectivity index (χ0n) is 9.09. The van der Waals surface area contributed by atoms with Gasteiger partial charge in [-0.3, -0.25) is 9.89 Å². The molecule has 2 N–H and O–H groups in total. The summed E-state index contributed by atoms with van der Waals surface area (Å²) in [5.41, 5.74) is 0.800. The van der Waals surface area contributed by atoms with Crippen LogP contribution in [0.2, 0.25) is 0 Å². The third-order valence-corrected chi connectivity index (χ3v) is 2.31. The van der Waals surface area contributed by atoms with E-state index in [1.54, 1.807) is 7.05 Å². The number of amides is 1. The van der Waals surface area contributed by atoms with Gasteiger partial charge >= 0.3 is 0 Å². The molecule has 0 radical (unpaired) electrons. The maximum Gasteiger partial charge on any atom is 0.254 e. The number of rotatable bonds is 3. The summed E-state index contributed by atoms with van der Waals surface area (Å²) in [5, 5.41) is 17.9. The van der Waals surface area contributed by atoms with E-state index >= 15 is 0 Å². The van der Waals surface area contributed by atoms with Gasteiger partial charge in [0.2, 0.25) is 0 Å². The molecule has 5 heteroatoms. The van der Waals surface area contributed by atoms with Crippen molar-refractivity contribution < 1.29 is 4.79 Å². The molecule has 0 unspecified atom stereocenters. The number of carbonyl (C=O) groups is 1. The molecule has 0 atom stereocenters. The van der Waals surface area contributed by atoms with Crippen molar-refractivity contribution >= 4 is 5.91 Å². The van der Waals surface area contributed by atoms with Gasteiger partial charge in [-0.1, -0.05) is 13.8 Å². The van der Waals surface area contributed by atoms with Crippen LogP contribution in [0.5, 0.6) is 0 Å². The van der Waals surface area contributed by atoms with E-state index in [4.69, 9.17) is 5.26 Å². The van der Waals surface area contributed by atoms with Gasteiger partial charge in [0.1, 0.15) is 0 Å². The highest BCUT2D eigenvalue weighted by molar-refractivity contribution is 5.95. The normalized spacial score (nSPS) is 10.8. The van der Waals surface area contributed by atoms with Gasteiger partial charge in [0.25, 0.3) is 5.91 Å². The molecule has 0 aliphatic carbocycles. The van der Waals surface area contributed by atoms with E-state index in [1.165, 1.54) is 6.20 Å². The number of carbonyl (C=O) groups excluding carboxylic acids is 1. The minimum atomic E-state index is -0.396. The summed E-state index contributed by atoms with van der Waals surface area (Å²) in [6, 6.07) is 2.10. The Balaban J connectivity index is 3.10. The second-order valence-electron chi connectivity index (χ2n) is 3.96. The fourth-order valence-electron chi connectivity index (χ4n) is 1.39. The van der Waals surface area contributed by atoms with E-state index in [0.717, 1.165) is 0 Å². The molecule has 0 saturated heterocycles. The van der Waals surface area contributed by atoms with Crippen molar-refractivity contribution in [2.75, 3.05) is 7.05 Å². The quantitative estimate of drug-likeness (QED) is 0.772. The van der Waals surface area contributed by atoms with Crippen LogP contribution in [0.4, 0.5) is 0 Å². The van der Waals surface area contributed by atoms with E-state index in [9.17, 15) is 4.79 Å². The first-order chi connectivity index (χ1) is 7.03. The summed E-state index contributed by atoms with van der Waals surface area (Å²) >= 11 is 0. The fourth-order valence-corrected chi connectivity index (χ4v) is 1.39. The third kappa shape index (κ3) is 2.15. The van der Waals surface area contributed by atoms with Crippen LogP contribution in [0.15, 0.2) is 6.20 Å². The lowest BCUT2D eigenvalue weighted by atomic mass is 9.84. The van der Waals surface area contributed by atoms with Gasteiger partial charge in [-0.15, -0.1) is 0 Å². The predicted octanol–water partition coefficient (Wildman–Crippen LogP) is 0.961. The maximum absolute atomic E-state index is 11.5. The minimum Gasteiger partial charge on any atom is -0.355 e. The van der Waals surface area contributed by atoms with Crippen LogP contribution in [0.3, 0.4) is 0 Å². The van der Waals surface area contributed by atoms with Crippen LogP contribution >= 0.6 is 0 Å². The Hall–Kier alpha value is -1.83. The number of nitrogens with zero attached hydrogens (tertiary/aromatic N) is 2. The van der Waals surface area contributed by atoms with Crippen LogP contribution in [-0.2, 0) is 5.41 Å². The highest BCUT2D eigenvalue weighted by Crippen LogP contribution is 2.27. The maximum atomic E-state index is 11.5. The summed E-state index contributed by atoms with van der Waals surface area (Å²) in [4.78, 5) is 11.5. The highest BCUT2D eigenvalue weighted by atomic mass is 16.1. The number of aromatic amines is 1. The number of hydrogen-bond acceptors (Lipinski definition) is 3. The van der Waals surface area contributed by atoms with Gasteiger partial charge in [-0.05, 0) is 0 Å². The predicted molar refractivity (Wildman–Crippen MR) is 55.2 cm³/mol. The SMILES string of the molecule is CNC(=O)c1cn[nH]c1C(C)(C)CC#N. The van der Waals surface area contributed by atoms with Crippen molar-refractivity contribution in [2.45, 2.75) is 25.7 Å². The molecule has 15 heavy (non-hydrogen) atoms. The Morgan fingerprint density at radius 1 is 1.73 bits per heavy atom. The lowest BCUT2D eigenvalue weighted by molar-refractivity contribution is 0.0961. The Labute approximate surface area is 88.5 Å². The van der Waals surface area contributed by atoms with Crippen LogP contribution in [-0.4, -0.2) is 23.2 Å². The number of H-pyrrole nitrogens is 1. The second-order valence-corrected chi connectivity index (χ2v) is 3.96. The largest absolute Gasteiger partial charge is 0.355 e. The Morgan fingerprint density at radius 3 is 2.93 bits per heavy atom. The molecule has 1 heterocycles. The van der Waals surface area contributed by atoms with Gasteiger partial charge in [0.15, 0.2) is 0 Å². The van der Waals surface area contributed by atoms with Crippen molar-refractivity contribution in [2.24, 2.45) is 0 Å². The van der Waals surface area contributed by atoms with Gasteiger partial charge < -0.3 is 5.32 Å². The first-order valence-corrected chi connectivity index (χ1v) is 4.66. The van der Waals surface area contributed by atoms with Crippen molar-refractivity contribution in [3.63, 3.8) is 0 Å². The van der Waals surface area contributed by atoms with E-state index < -0.39 is 5.41 Å². The van der Waals surface area contributed by atoms with Crippen molar-refractivity contribution in [3.8, 4) is 6.07 Å². The van der Waals surface area contributed by atoms with Crippen LogP contribution in [0.1, 0.15) is 36.3 Å². The molecule has 0 aromatic carbocycles. The molecule has 1 amide bonds. The van der Waals surface area contributed by atoms with E-state index in [-0.39, 0.29) is 5.91 Å². The zero-order chi connectivity index (χ0) is 11.5. The monoisotopic (exact) mass is 206 g/mol. The lowest BCUT2D eigenvalue weighted by Gasteiger charge is -2.20. The molecule has 0 aliphatic rings. The molecular weight excluding hydrogens is 192 g/mol. The molecule has 0 saturated carbocycles. The van der Waals surface area contributed by atoms with Crippen LogP contribution in [0, 0.1) is 11.3 Å². The molecule has 1 rings (SSSR count). The molecule has 1 aromatic heterocycles. The van der Waals surface area contributed by atoms with E-state index in [1.807, 2.05) is 13.8 Å². The van der Waals surface area contributed by atoms with Crippen molar-refractivity contribution in [3.05, 3.63) is 17.5 Å². The fraction of sp³-hybridized carbons (Fsp3) is 0.500. The zero-order valence-corrected chi connectivity index (χ0v) is 9.09. The second kappa shape index (κ2) is 4.13. The van der Waals surface area contributed by atoms with Crippen LogP contribution < -0.4 is 5.32 Å². The topological polar surface area (TPSA) is 81.6 Å². The standard InChI is InChI=1S/C10H14N4O/c1-10(2,4-5-11)8-7(6-13-14-8)9(15)12-3/h6H,4H2,1-3H3,(H,12,15)(H,13,14). The summed E-state index contributed by atoms with van der Waals surface area (Å²) in [6.07, 6.45) is 1.81. The number of nitriles is 1. The van der Waals surface area contributed by atoms with Crippen molar-refractivity contribution in [1.82, 2.24) is 15.5 Å². The Bertz CT molecular complexity index is 400. The Morgan fingerprint density at radius 2 is 2.40 bits per heavy atom. The first-order valence-electron chi connectivity index (χ1n) is 4.66. The van der Waals surface area contributed by atoms with E-state index in [0.29, 0.717) is 17.7 Å². The number of nitrogens with one attached hydrogen (secondary N) is 2. The van der Waals surface area contributed by atoms with Crippen LogP contribution in [0.25, 0.3) is 0 Å². The molecule has 0 aliphatic heterocycles. The molecule has 80 valence electrons. The summed E-state index contributed by atoms with van der Waals surface area (Å²) in [5.74, 6) is -0.190. The lowest BCUT2D eigenvalue weighted by Crippen LogP contribution is -2.25. The Kier molecular flexibility index (Phi) is 3.10. The van der Waals surface area contributed by atoms with Gasteiger partial charge in [-0.25, -0.2) is 0 Å². The average Bonchev–Trinajstić information content (AvgIpc) is 2.65. The highest BCUT2D eigenvalue weighted by Gasteiger charge is 2.27. The van der Waals surface area contributed by atoms with Gasteiger partial charge in [-0.2, -0.15) is 10.4 Å². The molecule has 0 spiro atoms. The van der Waals surface area contributed by atoms with Gasteiger partial charge in [0.05, 0.1) is 23.5 Å². The van der Waals surface area contributed by atoms with Gasteiger partial charge in [0, 0.05) is 18.9 Å². The molecule has 1 aromatic rings. The molecule has 0 fully saturated rings. The van der Waals surface area contributed by atoms with Crippen molar-refractivity contribution in [1.29, 1.82) is 5.26 Å². The number of hydrogen-bond donors (Lipinski definition) is 2. The summed E-state index contributed by atoms with van der Waals surface area (Å²) < 4.78 is 0. The van der Waals surface area contributed by atoms with E-state index in [2.05, 4.69) is 21.6 Å².